The van der Waals surface area contributed by atoms with E-state index < -0.39 is 10.2 Å². The van der Waals surface area contributed by atoms with Crippen LogP contribution in [0.2, 0.25) is 0 Å². The van der Waals surface area contributed by atoms with Crippen LogP contribution < -0.4 is 9.44 Å². The highest BCUT2D eigenvalue weighted by molar-refractivity contribution is 7.87. The van der Waals surface area contributed by atoms with Gasteiger partial charge in [-0.1, -0.05) is 13.8 Å². The van der Waals surface area contributed by atoms with Gasteiger partial charge in [0, 0.05) is 12.2 Å². The third-order valence-electron chi connectivity index (χ3n) is 1.81. The second-order valence-electron chi connectivity index (χ2n) is 3.28. The first-order chi connectivity index (χ1) is 5.42. The molecular weight excluding hydrogens is 176 g/mol. The van der Waals surface area contributed by atoms with Crippen molar-refractivity contribution in [1.29, 1.82) is 0 Å². The van der Waals surface area contributed by atoms with Crippen molar-refractivity contribution in [2.24, 2.45) is 5.92 Å². The number of hydrogen-bond acceptors (Lipinski definition) is 2. The van der Waals surface area contributed by atoms with Crippen LogP contribution in [0.4, 0.5) is 0 Å². The molecule has 0 aromatic carbocycles. The summed E-state index contributed by atoms with van der Waals surface area (Å²) in [7, 11) is -3.27. The Morgan fingerprint density at radius 3 is 2.42 bits per heavy atom. The molecule has 0 radical (unpaired) electrons. The zero-order chi connectivity index (χ0) is 9.35. The molecule has 5 heteroatoms. The van der Waals surface area contributed by atoms with Gasteiger partial charge in [0.15, 0.2) is 0 Å². The summed E-state index contributed by atoms with van der Waals surface area (Å²) < 4.78 is 27.0. The molecule has 1 aliphatic heterocycles. The van der Waals surface area contributed by atoms with E-state index in [-0.39, 0.29) is 5.92 Å². The van der Waals surface area contributed by atoms with E-state index in [1.807, 2.05) is 20.8 Å². The number of allylic oxidation sites excluding steroid dienone is 1. The predicted molar refractivity (Wildman–Crippen MR) is 47.6 cm³/mol. The van der Waals surface area contributed by atoms with Crippen molar-refractivity contribution in [2.45, 2.75) is 20.8 Å². The molecule has 0 aliphatic carbocycles. The van der Waals surface area contributed by atoms with Gasteiger partial charge in [-0.05, 0) is 18.4 Å². The topological polar surface area (TPSA) is 58.2 Å². The van der Waals surface area contributed by atoms with E-state index in [0.29, 0.717) is 6.54 Å². The molecule has 2 N–H and O–H groups in total. The van der Waals surface area contributed by atoms with Crippen molar-refractivity contribution in [3.8, 4) is 0 Å². The molecule has 0 fully saturated rings. The smallest absolute Gasteiger partial charge is 0.275 e. The van der Waals surface area contributed by atoms with E-state index in [0.717, 1.165) is 11.3 Å². The Bertz CT molecular complexity index is 303. The van der Waals surface area contributed by atoms with Gasteiger partial charge < -0.3 is 0 Å². The quantitative estimate of drug-likeness (QED) is 0.627. The summed E-state index contributed by atoms with van der Waals surface area (Å²) in [5.74, 6) is 0.224. The van der Waals surface area contributed by atoms with E-state index in [2.05, 4.69) is 9.44 Å². The molecule has 12 heavy (non-hydrogen) atoms. The maximum atomic E-state index is 11.1. The molecule has 0 bridgehead atoms. The van der Waals surface area contributed by atoms with Crippen LogP contribution in [0.25, 0.3) is 0 Å². The van der Waals surface area contributed by atoms with E-state index >= 15 is 0 Å². The number of nitrogens with one attached hydrogen (secondary N) is 2. The van der Waals surface area contributed by atoms with Gasteiger partial charge in [-0.15, -0.1) is 0 Å². The predicted octanol–water partition coefficient (Wildman–Crippen LogP) is 0.354. The molecular formula is C7H14N2O2S. The molecule has 1 aliphatic rings. The van der Waals surface area contributed by atoms with Crippen molar-refractivity contribution in [1.82, 2.24) is 9.44 Å². The second kappa shape index (κ2) is 3.06. The minimum Gasteiger partial charge on any atom is -0.275 e. The summed E-state index contributed by atoms with van der Waals surface area (Å²) in [4.78, 5) is 0. The fourth-order valence-corrected chi connectivity index (χ4v) is 2.36. The van der Waals surface area contributed by atoms with Crippen LogP contribution in [-0.2, 0) is 10.2 Å². The summed E-state index contributed by atoms with van der Waals surface area (Å²) in [5, 5.41) is 0. The fourth-order valence-electron chi connectivity index (χ4n) is 1.18. The lowest BCUT2D eigenvalue weighted by atomic mass is 10.1. The van der Waals surface area contributed by atoms with Gasteiger partial charge in [0.2, 0.25) is 0 Å². The average molecular weight is 190 g/mol. The van der Waals surface area contributed by atoms with E-state index in [1.54, 1.807) is 0 Å². The van der Waals surface area contributed by atoms with Crippen molar-refractivity contribution in [3.63, 3.8) is 0 Å². The normalized spacial score (nSPS) is 22.7. The molecule has 0 saturated carbocycles. The molecule has 4 nitrogen and oxygen atoms in total. The summed E-state index contributed by atoms with van der Waals surface area (Å²) in [6.45, 7) is 6.27. The lowest BCUT2D eigenvalue weighted by molar-refractivity contribution is 0.559. The van der Waals surface area contributed by atoms with Crippen LogP contribution in [-0.4, -0.2) is 15.0 Å². The van der Waals surface area contributed by atoms with Crippen molar-refractivity contribution >= 4 is 10.2 Å². The highest BCUT2D eigenvalue weighted by Crippen LogP contribution is 2.15. The maximum Gasteiger partial charge on any atom is 0.299 e. The molecule has 1 rings (SSSR count). The molecule has 0 aromatic heterocycles. The second-order valence-corrected chi connectivity index (χ2v) is 4.77. The first-order valence-electron chi connectivity index (χ1n) is 3.89. The minimum absolute atomic E-state index is 0.224. The van der Waals surface area contributed by atoms with Crippen LogP contribution in [0.15, 0.2) is 11.3 Å². The standard InChI is InChI=1S/C7H14N2O2S/c1-5(2)7-6(3)4-8-12(10,11)9-7/h5,8-9H,4H2,1-3H3. The van der Waals surface area contributed by atoms with Crippen LogP contribution >= 0.6 is 0 Å². The molecule has 70 valence electrons. The average Bonchev–Trinajstić information content (AvgIpc) is 1.94. The van der Waals surface area contributed by atoms with Crippen molar-refractivity contribution in [2.75, 3.05) is 6.54 Å². The molecule has 0 spiro atoms. The highest BCUT2D eigenvalue weighted by atomic mass is 32.2. The Balaban J connectivity index is 2.97. The zero-order valence-corrected chi connectivity index (χ0v) is 8.33. The largest absolute Gasteiger partial charge is 0.299 e. The molecule has 0 saturated heterocycles. The SMILES string of the molecule is CC1=C(C(C)C)NS(=O)(=O)NC1. The summed E-state index contributed by atoms with van der Waals surface area (Å²) >= 11 is 0. The van der Waals surface area contributed by atoms with Gasteiger partial charge in [-0.3, -0.25) is 4.72 Å². The zero-order valence-electron chi connectivity index (χ0n) is 7.51. The monoisotopic (exact) mass is 190 g/mol. The number of rotatable bonds is 1. The fraction of sp³-hybridized carbons (Fsp3) is 0.714. The van der Waals surface area contributed by atoms with Gasteiger partial charge >= 0.3 is 0 Å². The lowest BCUT2D eigenvalue weighted by Gasteiger charge is -2.23. The number of hydrogen-bond donors (Lipinski definition) is 2. The highest BCUT2D eigenvalue weighted by Gasteiger charge is 2.20. The van der Waals surface area contributed by atoms with E-state index in [9.17, 15) is 8.42 Å². The molecule has 0 unspecified atom stereocenters. The van der Waals surface area contributed by atoms with Crippen LogP contribution in [0.3, 0.4) is 0 Å². The van der Waals surface area contributed by atoms with Crippen LogP contribution in [0.1, 0.15) is 20.8 Å². The first kappa shape index (κ1) is 9.54. The lowest BCUT2D eigenvalue weighted by Crippen LogP contribution is -2.43. The molecule has 0 aromatic rings. The molecule has 0 amide bonds. The van der Waals surface area contributed by atoms with Crippen molar-refractivity contribution < 1.29 is 8.42 Å². The van der Waals surface area contributed by atoms with Crippen LogP contribution in [0, 0.1) is 5.92 Å². The Kier molecular flexibility index (Phi) is 2.44. The minimum atomic E-state index is -3.27. The first-order valence-corrected chi connectivity index (χ1v) is 5.38. The summed E-state index contributed by atoms with van der Waals surface area (Å²) in [6.07, 6.45) is 0. The Labute approximate surface area is 73.2 Å². The Morgan fingerprint density at radius 2 is 2.00 bits per heavy atom. The Morgan fingerprint density at radius 1 is 1.42 bits per heavy atom. The van der Waals surface area contributed by atoms with Gasteiger partial charge in [0.05, 0.1) is 0 Å². The van der Waals surface area contributed by atoms with E-state index in [4.69, 9.17) is 0 Å². The maximum absolute atomic E-state index is 11.1. The van der Waals surface area contributed by atoms with Crippen LogP contribution in [0.5, 0.6) is 0 Å². The van der Waals surface area contributed by atoms with Gasteiger partial charge in [-0.2, -0.15) is 13.1 Å². The third kappa shape index (κ3) is 1.98. The Hall–Kier alpha value is -0.550. The third-order valence-corrected chi connectivity index (χ3v) is 2.82. The van der Waals surface area contributed by atoms with Gasteiger partial charge in [0.25, 0.3) is 10.2 Å². The van der Waals surface area contributed by atoms with Gasteiger partial charge in [0.1, 0.15) is 0 Å². The van der Waals surface area contributed by atoms with Crippen molar-refractivity contribution in [3.05, 3.63) is 11.3 Å². The summed E-state index contributed by atoms with van der Waals surface area (Å²) in [6, 6.07) is 0. The summed E-state index contributed by atoms with van der Waals surface area (Å²) in [5.41, 5.74) is 1.87. The van der Waals surface area contributed by atoms with E-state index in [1.165, 1.54) is 0 Å². The molecule has 1 heterocycles. The molecule has 0 atom stereocenters. The van der Waals surface area contributed by atoms with Gasteiger partial charge in [-0.25, -0.2) is 0 Å².